The molecule has 2 unspecified atom stereocenters. The summed E-state index contributed by atoms with van der Waals surface area (Å²) in [4.78, 5) is 14.9. The van der Waals surface area contributed by atoms with E-state index in [0.29, 0.717) is 31.6 Å². The lowest BCUT2D eigenvalue weighted by Crippen LogP contribution is -2.53. The minimum Gasteiger partial charge on any atom is -0.490 e. The molecular weight excluding hydrogens is 354 g/mol. The average Bonchev–Trinajstić information content (AvgIpc) is 2.66. The van der Waals surface area contributed by atoms with E-state index in [1.165, 1.54) is 11.1 Å². The molecule has 2 aliphatic carbocycles. The van der Waals surface area contributed by atoms with Crippen molar-refractivity contribution >= 4 is 5.78 Å². The molecule has 0 radical (unpaired) electrons. The van der Waals surface area contributed by atoms with Crippen molar-refractivity contribution in [1.82, 2.24) is 4.90 Å². The molecule has 2 atom stereocenters. The molecule has 0 amide bonds. The first-order valence-corrected chi connectivity index (χ1v) is 10.3. The molecule has 1 spiro atoms. The van der Waals surface area contributed by atoms with Crippen LogP contribution in [0.2, 0.25) is 0 Å². The molecule has 0 aromatic heterocycles. The monoisotopic (exact) mass is 383 g/mol. The van der Waals surface area contributed by atoms with Gasteiger partial charge in [0.15, 0.2) is 17.3 Å². The molecule has 150 valence electrons. The summed E-state index contributed by atoms with van der Waals surface area (Å²) < 4.78 is 17.5. The van der Waals surface area contributed by atoms with Crippen LogP contribution in [0.15, 0.2) is 35.6 Å². The number of carbonyl (C=O) groups excluding carboxylic acids is 1. The Morgan fingerprint density at radius 2 is 1.75 bits per heavy atom. The zero-order valence-electron chi connectivity index (χ0n) is 17.2. The van der Waals surface area contributed by atoms with Crippen LogP contribution in [0, 0.1) is 0 Å². The van der Waals surface area contributed by atoms with Gasteiger partial charge in [-0.25, -0.2) is 0 Å². The number of likely N-dealkylation sites (tertiary alicyclic amines) is 1. The van der Waals surface area contributed by atoms with E-state index in [4.69, 9.17) is 14.2 Å². The summed E-state index contributed by atoms with van der Waals surface area (Å²) in [5, 5.41) is 0. The van der Waals surface area contributed by atoms with Gasteiger partial charge in [-0.15, -0.1) is 0 Å². The Balaban J connectivity index is 1.91. The van der Waals surface area contributed by atoms with Crippen molar-refractivity contribution < 1.29 is 19.0 Å². The second kappa shape index (κ2) is 7.28. The van der Waals surface area contributed by atoms with E-state index < -0.39 is 0 Å². The van der Waals surface area contributed by atoms with E-state index in [9.17, 15) is 4.79 Å². The Kier molecular flexibility index (Phi) is 4.96. The lowest BCUT2D eigenvalue weighted by Gasteiger charge is -2.51. The van der Waals surface area contributed by atoms with E-state index in [-0.39, 0.29) is 11.2 Å². The highest BCUT2D eigenvalue weighted by Crippen LogP contribution is 2.52. The van der Waals surface area contributed by atoms with Crippen LogP contribution in [-0.4, -0.2) is 50.1 Å². The molecule has 1 aromatic carbocycles. The van der Waals surface area contributed by atoms with Crippen molar-refractivity contribution in [1.29, 1.82) is 0 Å². The quantitative estimate of drug-likeness (QED) is 0.753. The van der Waals surface area contributed by atoms with Gasteiger partial charge >= 0.3 is 0 Å². The van der Waals surface area contributed by atoms with Gasteiger partial charge in [0, 0.05) is 18.0 Å². The van der Waals surface area contributed by atoms with E-state index in [0.717, 1.165) is 36.5 Å². The van der Waals surface area contributed by atoms with E-state index in [1.807, 2.05) is 20.8 Å². The number of ketones is 1. The molecule has 1 saturated heterocycles. The summed E-state index contributed by atoms with van der Waals surface area (Å²) in [6.45, 7) is 8.35. The average molecular weight is 383 g/mol. The molecule has 4 rings (SSSR count). The lowest BCUT2D eigenvalue weighted by molar-refractivity contribution is -0.114. The number of rotatable bonds is 6. The van der Waals surface area contributed by atoms with Crippen molar-refractivity contribution in [2.24, 2.45) is 0 Å². The number of benzene rings is 1. The highest BCUT2D eigenvalue weighted by atomic mass is 16.5. The standard InChI is InChI=1S/C23H29NO4/c1-5-26-20-9-15-8-17-12-23(18(15)11-21(20)27-6-2)13-22(28-7-3)19(25)10-16(23)14-24(17)4/h9-11,13,17H,5-8,12,14H2,1-4H3. The summed E-state index contributed by atoms with van der Waals surface area (Å²) >= 11 is 0. The maximum atomic E-state index is 12.6. The van der Waals surface area contributed by atoms with Gasteiger partial charge in [0.25, 0.3) is 0 Å². The number of ether oxygens (including phenoxy) is 3. The molecule has 1 fully saturated rings. The van der Waals surface area contributed by atoms with Crippen LogP contribution in [0.1, 0.15) is 38.3 Å². The second-order valence-electron chi connectivity index (χ2n) is 7.75. The fourth-order valence-corrected chi connectivity index (χ4v) is 4.88. The normalized spacial score (nSPS) is 26.0. The van der Waals surface area contributed by atoms with Gasteiger partial charge in [0.05, 0.1) is 19.8 Å². The van der Waals surface area contributed by atoms with Crippen molar-refractivity contribution in [3.8, 4) is 11.5 Å². The molecule has 5 nitrogen and oxygen atoms in total. The first-order valence-electron chi connectivity index (χ1n) is 10.3. The highest BCUT2D eigenvalue weighted by Gasteiger charge is 2.49. The van der Waals surface area contributed by atoms with Crippen LogP contribution >= 0.6 is 0 Å². The largest absolute Gasteiger partial charge is 0.490 e. The fraction of sp³-hybridized carbons (Fsp3) is 0.522. The second-order valence-corrected chi connectivity index (χ2v) is 7.75. The van der Waals surface area contributed by atoms with Crippen LogP contribution in [0.5, 0.6) is 11.5 Å². The maximum Gasteiger partial charge on any atom is 0.220 e. The first kappa shape index (κ1) is 19.1. The van der Waals surface area contributed by atoms with E-state index in [1.54, 1.807) is 6.08 Å². The lowest BCUT2D eigenvalue weighted by atomic mass is 9.59. The Hall–Kier alpha value is -2.27. The number of carbonyl (C=O) groups is 1. The molecule has 0 N–H and O–H groups in total. The minimum absolute atomic E-state index is 0.0302. The summed E-state index contributed by atoms with van der Waals surface area (Å²) in [6.07, 6.45) is 5.79. The van der Waals surface area contributed by atoms with Gasteiger partial charge in [-0.2, -0.15) is 0 Å². The summed E-state index contributed by atoms with van der Waals surface area (Å²) in [5.74, 6) is 2.01. The predicted molar refractivity (Wildman–Crippen MR) is 108 cm³/mol. The smallest absolute Gasteiger partial charge is 0.220 e. The topological polar surface area (TPSA) is 48.0 Å². The maximum absolute atomic E-state index is 12.6. The van der Waals surface area contributed by atoms with Crippen LogP contribution < -0.4 is 9.47 Å². The van der Waals surface area contributed by atoms with Gasteiger partial charge in [0.2, 0.25) is 5.78 Å². The molecule has 5 heteroatoms. The minimum atomic E-state index is -0.306. The first-order chi connectivity index (χ1) is 13.5. The predicted octanol–water partition coefficient (Wildman–Crippen LogP) is 3.41. The zero-order valence-corrected chi connectivity index (χ0v) is 17.2. The van der Waals surface area contributed by atoms with Gasteiger partial charge in [-0.3, -0.25) is 9.69 Å². The van der Waals surface area contributed by atoms with Crippen molar-refractivity contribution in [3.63, 3.8) is 0 Å². The third kappa shape index (κ3) is 2.93. The summed E-state index contributed by atoms with van der Waals surface area (Å²) in [7, 11) is 2.14. The number of hydrogen-bond acceptors (Lipinski definition) is 5. The molecule has 1 aliphatic heterocycles. The van der Waals surface area contributed by atoms with Gasteiger partial charge in [0.1, 0.15) is 0 Å². The van der Waals surface area contributed by atoms with E-state index in [2.05, 4.69) is 30.2 Å². The SMILES string of the molecule is CCOC1=CC23CC(Cc4cc(OCC)c(OCC)cc42)N(C)CC3=CC1=O. The van der Waals surface area contributed by atoms with E-state index >= 15 is 0 Å². The molecule has 3 aliphatic rings. The van der Waals surface area contributed by atoms with Crippen molar-refractivity contribution in [2.75, 3.05) is 33.4 Å². The zero-order chi connectivity index (χ0) is 19.9. The van der Waals surface area contributed by atoms with Gasteiger partial charge < -0.3 is 14.2 Å². The number of piperidine rings is 1. The molecule has 1 aromatic rings. The van der Waals surface area contributed by atoms with Gasteiger partial charge in [-0.05, 0) is 81.6 Å². The Morgan fingerprint density at radius 3 is 2.43 bits per heavy atom. The summed E-state index contributed by atoms with van der Waals surface area (Å²) in [5.41, 5.74) is 3.33. The van der Waals surface area contributed by atoms with Crippen molar-refractivity contribution in [3.05, 3.63) is 46.7 Å². The number of likely N-dealkylation sites (N-methyl/N-ethyl adjacent to an activating group) is 1. The Morgan fingerprint density at radius 1 is 1.07 bits per heavy atom. The number of nitrogens with zero attached hydrogens (tertiary/aromatic N) is 1. The molecule has 28 heavy (non-hydrogen) atoms. The molecule has 1 heterocycles. The molecule has 2 bridgehead atoms. The molecule has 0 saturated carbocycles. The van der Waals surface area contributed by atoms with Gasteiger partial charge in [-0.1, -0.05) is 0 Å². The third-order valence-electron chi connectivity index (χ3n) is 6.10. The number of fused-ring (bicyclic) bond motifs is 2. The third-order valence-corrected chi connectivity index (χ3v) is 6.10. The highest BCUT2D eigenvalue weighted by molar-refractivity contribution is 6.05. The Labute approximate surface area is 167 Å². The Bertz CT molecular complexity index is 856. The van der Waals surface area contributed by atoms with Crippen LogP contribution in [0.3, 0.4) is 0 Å². The number of hydrogen-bond donors (Lipinski definition) is 0. The summed E-state index contributed by atoms with van der Waals surface area (Å²) in [6, 6.07) is 4.69. The van der Waals surface area contributed by atoms with Crippen LogP contribution in [-0.2, 0) is 21.4 Å². The van der Waals surface area contributed by atoms with Crippen molar-refractivity contribution in [2.45, 2.75) is 45.1 Å². The fourth-order valence-electron chi connectivity index (χ4n) is 4.88. The number of allylic oxidation sites excluding steroid dienone is 2. The molecular formula is C23H29NO4. The van der Waals surface area contributed by atoms with Crippen LogP contribution in [0.4, 0.5) is 0 Å². The van der Waals surface area contributed by atoms with Crippen LogP contribution in [0.25, 0.3) is 0 Å².